The molecule has 0 aromatic rings. The molecule has 1 saturated carbocycles. The van der Waals surface area contributed by atoms with E-state index in [0.717, 1.165) is 25.7 Å². The van der Waals surface area contributed by atoms with Crippen molar-refractivity contribution in [1.29, 1.82) is 0 Å². The molecule has 0 atom stereocenters. The van der Waals surface area contributed by atoms with Crippen LogP contribution < -0.4 is 0 Å². The Morgan fingerprint density at radius 3 is 2.07 bits per heavy atom. The first-order valence-electron chi connectivity index (χ1n) is 5.61. The van der Waals surface area contributed by atoms with Crippen LogP contribution in [-0.4, -0.2) is 30.3 Å². The van der Waals surface area contributed by atoms with Crippen LogP contribution in [0.5, 0.6) is 0 Å². The quantitative estimate of drug-likeness (QED) is 0.728. The molecule has 0 amide bonds. The molecule has 0 heterocycles. The maximum atomic E-state index is 9.65. The van der Waals surface area contributed by atoms with E-state index in [1.165, 1.54) is 6.42 Å². The largest absolute Gasteiger partial charge is 0.674 e. The summed E-state index contributed by atoms with van der Waals surface area (Å²) in [6.07, 6.45) is 5.19. The summed E-state index contributed by atoms with van der Waals surface area (Å²) in [5.74, 6) is 0. The first-order valence-corrected chi connectivity index (χ1v) is 7.32. The first-order chi connectivity index (χ1) is 6.79. The minimum absolute atomic E-state index is 0.0391. The molecule has 1 aliphatic carbocycles. The molecule has 90 valence electrons. The lowest BCUT2D eigenvalue weighted by atomic mass is 9.98. The van der Waals surface area contributed by atoms with Crippen molar-refractivity contribution < 1.29 is 18.4 Å². The minimum atomic E-state index is -3.93. The van der Waals surface area contributed by atoms with Crippen molar-refractivity contribution in [2.75, 3.05) is 0 Å². The lowest BCUT2D eigenvalue weighted by molar-refractivity contribution is -0.0610. The minimum Gasteiger partial charge on any atom is -0.367 e. The van der Waals surface area contributed by atoms with Crippen molar-refractivity contribution in [3.63, 3.8) is 0 Å². The van der Waals surface area contributed by atoms with E-state index in [2.05, 4.69) is 0 Å². The molecule has 15 heavy (non-hydrogen) atoms. The van der Waals surface area contributed by atoms with Gasteiger partial charge < -0.3 is 18.4 Å². The summed E-state index contributed by atoms with van der Waals surface area (Å²) in [6.45, 7) is 5.35. The Morgan fingerprint density at radius 2 is 1.60 bits per heavy atom. The zero-order valence-electron chi connectivity index (χ0n) is 9.82. The molecule has 0 radical (unpaired) electrons. The third kappa shape index (κ3) is 5.63. The summed E-state index contributed by atoms with van der Waals surface area (Å²) in [4.78, 5) is 19.3. The van der Waals surface area contributed by atoms with E-state index >= 15 is 0 Å². The molecule has 0 bridgehead atoms. The molecule has 0 unspecified atom stereocenters. The highest BCUT2D eigenvalue weighted by molar-refractivity contribution is 6.50. The molecule has 0 aromatic carbocycles. The van der Waals surface area contributed by atoms with Gasteiger partial charge in [-0.1, -0.05) is 19.3 Å². The van der Waals surface area contributed by atoms with Crippen molar-refractivity contribution in [2.24, 2.45) is 0 Å². The Labute approximate surface area is 92.7 Å². The van der Waals surface area contributed by atoms with E-state index in [9.17, 15) is 9.59 Å². The summed E-state index contributed by atoms with van der Waals surface area (Å²) >= 11 is 0. The predicted molar refractivity (Wildman–Crippen MR) is 59.0 cm³/mol. The van der Waals surface area contributed by atoms with E-state index in [-0.39, 0.29) is 6.10 Å². The average molecular weight is 234 g/mol. The summed E-state index contributed by atoms with van der Waals surface area (Å²) in [7, 11) is -3.93. The Kier molecular flexibility index (Phi) is 4.31. The monoisotopic (exact) mass is 234 g/mol. The Bertz CT molecular complexity index is 194. The molecular formula is C10H22O4Si. The highest BCUT2D eigenvalue weighted by Gasteiger charge is 2.43. The van der Waals surface area contributed by atoms with Gasteiger partial charge in [0.1, 0.15) is 0 Å². The van der Waals surface area contributed by atoms with Gasteiger partial charge in [0.15, 0.2) is 0 Å². The van der Waals surface area contributed by atoms with Crippen molar-refractivity contribution >= 4 is 9.05 Å². The smallest absolute Gasteiger partial charge is 0.367 e. The van der Waals surface area contributed by atoms with Gasteiger partial charge in [0.05, 0.1) is 11.7 Å². The second-order valence-electron chi connectivity index (χ2n) is 5.14. The molecule has 0 spiro atoms. The van der Waals surface area contributed by atoms with Crippen LogP contribution in [-0.2, 0) is 8.85 Å². The van der Waals surface area contributed by atoms with E-state index in [4.69, 9.17) is 8.85 Å². The molecule has 1 fully saturated rings. The number of hydrogen-bond donors (Lipinski definition) is 2. The highest BCUT2D eigenvalue weighted by Crippen LogP contribution is 2.24. The summed E-state index contributed by atoms with van der Waals surface area (Å²) in [6, 6.07) is 0. The molecule has 5 heteroatoms. The normalized spacial score (nSPS) is 20.6. The average Bonchev–Trinajstić information content (AvgIpc) is 1.99. The lowest BCUT2D eigenvalue weighted by Crippen LogP contribution is -2.50. The van der Waals surface area contributed by atoms with E-state index < -0.39 is 14.6 Å². The van der Waals surface area contributed by atoms with Crippen LogP contribution in [0.3, 0.4) is 0 Å². The van der Waals surface area contributed by atoms with Crippen molar-refractivity contribution in [3.05, 3.63) is 0 Å². The zero-order chi connectivity index (χ0) is 11.5. The zero-order valence-corrected chi connectivity index (χ0v) is 10.8. The fourth-order valence-electron chi connectivity index (χ4n) is 1.82. The third-order valence-electron chi connectivity index (χ3n) is 2.31. The number of rotatable bonds is 3. The Balaban J connectivity index is 2.40. The summed E-state index contributed by atoms with van der Waals surface area (Å²) in [5.41, 5.74) is -0.579. The van der Waals surface area contributed by atoms with E-state index in [1.54, 1.807) is 20.8 Å². The van der Waals surface area contributed by atoms with Gasteiger partial charge >= 0.3 is 9.05 Å². The molecule has 4 nitrogen and oxygen atoms in total. The maximum Gasteiger partial charge on any atom is 0.674 e. The molecule has 2 N–H and O–H groups in total. The van der Waals surface area contributed by atoms with E-state index in [0.29, 0.717) is 0 Å². The van der Waals surface area contributed by atoms with Gasteiger partial charge in [-0.3, -0.25) is 0 Å². The van der Waals surface area contributed by atoms with Gasteiger partial charge in [-0.15, -0.1) is 0 Å². The van der Waals surface area contributed by atoms with Gasteiger partial charge in [-0.2, -0.15) is 0 Å². The van der Waals surface area contributed by atoms with E-state index in [1.807, 2.05) is 0 Å². The van der Waals surface area contributed by atoms with Crippen molar-refractivity contribution in [3.8, 4) is 0 Å². The fraction of sp³-hybridized carbons (Fsp3) is 1.00. The Hall–Kier alpha value is 0.0569. The third-order valence-corrected chi connectivity index (χ3v) is 3.83. The van der Waals surface area contributed by atoms with Crippen LogP contribution in [0.25, 0.3) is 0 Å². The lowest BCUT2D eigenvalue weighted by Gasteiger charge is -2.31. The van der Waals surface area contributed by atoms with Crippen LogP contribution in [0.2, 0.25) is 0 Å². The second kappa shape index (κ2) is 4.93. The van der Waals surface area contributed by atoms with Gasteiger partial charge in [0.2, 0.25) is 0 Å². The van der Waals surface area contributed by atoms with Gasteiger partial charge in [-0.05, 0) is 33.6 Å². The number of hydrogen-bond acceptors (Lipinski definition) is 4. The van der Waals surface area contributed by atoms with Crippen LogP contribution in [0.1, 0.15) is 52.9 Å². The highest BCUT2D eigenvalue weighted by atomic mass is 28.4. The molecule has 0 aliphatic heterocycles. The van der Waals surface area contributed by atoms with Crippen LogP contribution >= 0.6 is 0 Å². The summed E-state index contributed by atoms with van der Waals surface area (Å²) < 4.78 is 10.4. The molecular weight excluding hydrogens is 212 g/mol. The van der Waals surface area contributed by atoms with Crippen molar-refractivity contribution in [1.82, 2.24) is 0 Å². The van der Waals surface area contributed by atoms with Crippen LogP contribution in [0, 0.1) is 0 Å². The van der Waals surface area contributed by atoms with Crippen LogP contribution in [0.15, 0.2) is 0 Å². The molecule has 0 saturated heterocycles. The standard InChI is InChI=1S/C10H22O4Si/c1-10(2,3)14-15(11,12)13-9-7-5-4-6-8-9/h9,11-12H,4-8H2,1-3H3. The van der Waals surface area contributed by atoms with Gasteiger partial charge in [0, 0.05) is 0 Å². The maximum absolute atomic E-state index is 9.65. The molecule has 1 aliphatic rings. The fourth-order valence-corrected chi connectivity index (χ4v) is 3.34. The molecule has 1 rings (SSSR count). The second-order valence-corrected chi connectivity index (χ2v) is 6.68. The topological polar surface area (TPSA) is 58.9 Å². The summed E-state index contributed by atoms with van der Waals surface area (Å²) in [5, 5.41) is 0. The van der Waals surface area contributed by atoms with Gasteiger partial charge in [0.25, 0.3) is 0 Å². The predicted octanol–water partition coefficient (Wildman–Crippen LogP) is 1.57. The van der Waals surface area contributed by atoms with Crippen LogP contribution in [0.4, 0.5) is 0 Å². The molecule has 0 aromatic heterocycles. The van der Waals surface area contributed by atoms with Crippen molar-refractivity contribution in [2.45, 2.75) is 64.6 Å². The Morgan fingerprint density at radius 1 is 1.07 bits per heavy atom. The first kappa shape index (κ1) is 13.1. The SMILES string of the molecule is CC(C)(C)O[Si](O)(O)OC1CCCCC1. The van der Waals surface area contributed by atoms with Gasteiger partial charge in [-0.25, -0.2) is 0 Å².